The quantitative estimate of drug-likeness (QED) is 0.878. The maximum Gasteiger partial charge on any atom is 0.141 e. The second kappa shape index (κ2) is 6.17. The first kappa shape index (κ1) is 15.2. The lowest BCUT2D eigenvalue weighted by atomic mass is 9.80. The highest BCUT2D eigenvalue weighted by Gasteiger charge is 2.48. The van der Waals surface area contributed by atoms with Crippen LogP contribution in [0.1, 0.15) is 44.1 Å². The summed E-state index contributed by atoms with van der Waals surface area (Å²) >= 11 is 3.65. The molecule has 1 aromatic carbocycles. The summed E-state index contributed by atoms with van der Waals surface area (Å²) in [7, 11) is 3.44. The molecule has 1 aliphatic carbocycles. The van der Waals surface area contributed by atoms with Gasteiger partial charge in [-0.25, -0.2) is 0 Å². The van der Waals surface area contributed by atoms with Crippen molar-refractivity contribution in [2.45, 2.75) is 44.1 Å². The maximum atomic E-state index is 5.75. The third kappa shape index (κ3) is 2.68. The van der Waals surface area contributed by atoms with Crippen LogP contribution in [0.3, 0.4) is 0 Å². The van der Waals surface area contributed by atoms with Crippen LogP contribution in [0.5, 0.6) is 11.5 Å². The van der Waals surface area contributed by atoms with Gasteiger partial charge in [-0.15, -0.1) is 0 Å². The fourth-order valence-electron chi connectivity index (χ4n) is 3.73. The molecule has 1 heterocycles. The van der Waals surface area contributed by atoms with E-state index in [0.29, 0.717) is 0 Å². The number of nitrogens with one attached hydrogen (secondary N) is 1. The molecule has 1 saturated heterocycles. The van der Waals surface area contributed by atoms with E-state index in [1.807, 2.05) is 0 Å². The largest absolute Gasteiger partial charge is 0.495 e. The van der Waals surface area contributed by atoms with Gasteiger partial charge in [0.15, 0.2) is 0 Å². The molecule has 0 spiro atoms. The topological polar surface area (TPSA) is 30.5 Å². The molecule has 1 aromatic rings. The SMILES string of the molecule is COc1ccc(C2(C3CC3)CCCCCN2)c(OC)c1Br. The van der Waals surface area contributed by atoms with Crippen LogP contribution in [0.15, 0.2) is 16.6 Å². The average Bonchev–Trinajstić information content (AvgIpc) is 3.33. The zero-order valence-corrected chi connectivity index (χ0v) is 14.5. The summed E-state index contributed by atoms with van der Waals surface area (Å²) in [6.45, 7) is 1.10. The van der Waals surface area contributed by atoms with Crippen molar-refractivity contribution in [2.24, 2.45) is 5.92 Å². The molecule has 0 bridgehead atoms. The van der Waals surface area contributed by atoms with Gasteiger partial charge in [-0.1, -0.05) is 12.8 Å². The van der Waals surface area contributed by atoms with Crippen molar-refractivity contribution in [2.75, 3.05) is 20.8 Å². The molecule has 1 unspecified atom stereocenters. The third-order valence-electron chi connectivity index (χ3n) is 4.93. The summed E-state index contributed by atoms with van der Waals surface area (Å²) in [5, 5.41) is 3.87. The second-order valence-electron chi connectivity index (χ2n) is 6.15. The van der Waals surface area contributed by atoms with Crippen LogP contribution in [0.2, 0.25) is 0 Å². The molecule has 116 valence electrons. The predicted octanol–water partition coefficient (Wildman–Crippen LogP) is 4.24. The summed E-state index contributed by atoms with van der Waals surface area (Å²) in [5.41, 5.74) is 1.37. The van der Waals surface area contributed by atoms with Gasteiger partial charge in [0.05, 0.1) is 19.8 Å². The molecule has 2 aliphatic rings. The number of rotatable bonds is 4. The van der Waals surface area contributed by atoms with Gasteiger partial charge >= 0.3 is 0 Å². The maximum absolute atomic E-state index is 5.75. The van der Waals surface area contributed by atoms with Gasteiger partial charge in [-0.05, 0) is 66.2 Å². The lowest BCUT2D eigenvalue weighted by Crippen LogP contribution is -2.44. The molecule has 1 aliphatic heterocycles. The Morgan fingerprint density at radius 1 is 1.14 bits per heavy atom. The number of hydrogen-bond donors (Lipinski definition) is 1. The van der Waals surface area contributed by atoms with E-state index >= 15 is 0 Å². The number of ether oxygens (including phenoxy) is 2. The molecule has 3 nitrogen and oxygen atoms in total. The van der Waals surface area contributed by atoms with Gasteiger partial charge in [-0.2, -0.15) is 0 Å². The lowest BCUT2D eigenvalue weighted by Gasteiger charge is -2.36. The van der Waals surface area contributed by atoms with E-state index in [0.717, 1.165) is 28.4 Å². The van der Waals surface area contributed by atoms with Crippen LogP contribution in [0.25, 0.3) is 0 Å². The van der Waals surface area contributed by atoms with E-state index in [1.54, 1.807) is 14.2 Å². The van der Waals surface area contributed by atoms with E-state index in [9.17, 15) is 0 Å². The number of halogens is 1. The Balaban J connectivity index is 2.09. The van der Waals surface area contributed by atoms with Crippen LogP contribution in [0.4, 0.5) is 0 Å². The van der Waals surface area contributed by atoms with E-state index in [2.05, 4.69) is 33.4 Å². The minimum absolute atomic E-state index is 0.0800. The van der Waals surface area contributed by atoms with Crippen LogP contribution >= 0.6 is 15.9 Å². The van der Waals surface area contributed by atoms with Gasteiger partial charge in [0, 0.05) is 5.56 Å². The van der Waals surface area contributed by atoms with E-state index in [4.69, 9.17) is 9.47 Å². The molecule has 3 rings (SSSR count). The van der Waals surface area contributed by atoms with Crippen molar-refractivity contribution in [3.63, 3.8) is 0 Å². The highest BCUT2D eigenvalue weighted by atomic mass is 79.9. The highest BCUT2D eigenvalue weighted by Crippen LogP contribution is 2.53. The Morgan fingerprint density at radius 3 is 2.62 bits per heavy atom. The highest BCUT2D eigenvalue weighted by molar-refractivity contribution is 9.10. The molecular formula is C17H24BrNO2. The summed E-state index contributed by atoms with van der Waals surface area (Å²) in [6.07, 6.45) is 7.72. The minimum Gasteiger partial charge on any atom is -0.495 e. The van der Waals surface area contributed by atoms with Crippen molar-refractivity contribution in [1.82, 2.24) is 5.32 Å². The van der Waals surface area contributed by atoms with Gasteiger partial charge < -0.3 is 14.8 Å². The fourth-order valence-corrected chi connectivity index (χ4v) is 4.40. The average molecular weight is 354 g/mol. The second-order valence-corrected chi connectivity index (χ2v) is 6.94. The molecule has 0 aromatic heterocycles. The summed E-state index contributed by atoms with van der Waals surface area (Å²) in [5.74, 6) is 2.50. The molecule has 1 atom stereocenters. The van der Waals surface area contributed by atoms with Gasteiger partial charge in [-0.3, -0.25) is 0 Å². The molecule has 0 amide bonds. The number of hydrogen-bond acceptors (Lipinski definition) is 3. The standard InChI is InChI=1S/C17H24BrNO2/c1-20-14-9-8-13(16(21-2)15(14)18)17(12-6-7-12)10-4-3-5-11-19-17/h8-9,12,19H,3-7,10-11H2,1-2H3. The molecule has 1 saturated carbocycles. The Labute approximate surface area is 135 Å². The smallest absolute Gasteiger partial charge is 0.141 e. The zero-order chi connectivity index (χ0) is 14.9. The van der Waals surface area contributed by atoms with Crippen LogP contribution in [-0.2, 0) is 5.54 Å². The van der Waals surface area contributed by atoms with Crippen LogP contribution < -0.4 is 14.8 Å². The zero-order valence-electron chi connectivity index (χ0n) is 12.9. The Morgan fingerprint density at radius 2 is 1.95 bits per heavy atom. The van der Waals surface area contributed by atoms with E-state index in [-0.39, 0.29) is 5.54 Å². The monoisotopic (exact) mass is 353 g/mol. The molecule has 21 heavy (non-hydrogen) atoms. The van der Waals surface area contributed by atoms with Gasteiger partial charge in [0.25, 0.3) is 0 Å². The molecule has 4 heteroatoms. The summed E-state index contributed by atoms with van der Waals surface area (Å²) in [4.78, 5) is 0. The fraction of sp³-hybridized carbons (Fsp3) is 0.647. The Kier molecular flexibility index (Phi) is 4.46. The van der Waals surface area contributed by atoms with Crippen LogP contribution in [0, 0.1) is 5.92 Å². The summed E-state index contributed by atoms with van der Waals surface area (Å²) in [6, 6.07) is 4.25. The summed E-state index contributed by atoms with van der Waals surface area (Å²) < 4.78 is 12.1. The predicted molar refractivity (Wildman–Crippen MR) is 88.1 cm³/mol. The molecule has 0 radical (unpaired) electrons. The van der Waals surface area contributed by atoms with Crippen LogP contribution in [-0.4, -0.2) is 20.8 Å². The van der Waals surface area contributed by atoms with Gasteiger partial charge in [0.1, 0.15) is 16.0 Å². The third-order valence-corrected chi connectivity index (χ3v) is 5.68. The first-order valence-electron chi connectivity index (χ1n) is 7.89. The Bertz CT molecular complexity index is 506. The van der Waals surface area contributed by atoms with Crippen molar-refractivity contribution in [3.05, 3.63) is 22.2 Å². The Hall–Kier alpha value is -0.740. The van der Waals surface area contributed by atoms with Crippen molar-refractivity contribution < 1.29 is 9.47 Å². The van der Waals surface area contributed by atoms with E-state index in [1.165, 1.54) is 44.1 Å². The first-order chi connectivity index (χ1) is 10.2. The normalized spacial score (nSPS) is 26.2. The number of methoxy groups -OCH3 is 2. The van der Waals surface area contributed by atoms with Crippen molar-refractivity contribution in [1.29, 1.82) is 0 Å². The van der Waals surface area contributed by atoms with Gasteiger partial charge in [0.2, 0.25) is 0 Å². The van der Waals surface area contributed by atoms with Crippen molar-refractivity contribution >= 4 is 15.9 Å². The molecule has 2 fully saturated rings. The van der Waals surface area contributed by atoms with Crippen molar-refractivity contribution in [3.8, 4) is 11.5 Å². The number of benzene rings is 1. The lowest BCUT2D eigenvalue weighted by molar-refractivity contribution is 0.265. The first-order valence-corrected chi connectivity index (χ1v) is 8.68. The minimum atomic E-state index is 0.0800. The van der Waals surface area contributed by atoms with E-state index < -0.39 is 0 Å². The molecule has 1 N–H and O–H groups in total. The molecular weight excluding hydrogens is 330 g/mol.